The molecule has 2 aliphatic rings. The van der Waals surface area contributed by atoms with E-state index < -0.39 is 16.0 Å². The lowest BCUT2D eigenvalue weighted by Gasteiger charge is -2.43. The summed E-state index contributed by atoms with van der Waals surface area (Å²) in [7, 11) is 0. The van der Waals surface area contributed by atoms with Gasteiger partial charge >= 0.3 is 0 Å². The van der Waals surface area contributed by atoms with Crippen LogP contribution in [0.3, 0.4) is 0 Å². The van der Waals surface area contributed by atoms with Crippen molar-refractivity contribution in [2.24, 2.45) is 5.92 Å². The molecule has 0 aromatic heterocycles. The molecule has 1 aliphatic carbocycles. The second-order valence-electron chi connectivity index (χ2n) is 12.0. The van der Waals surface area contributed by atoms with Crippen LogP contribution in [0.15, 0.2) is 85.5 Å². The Balaban J connectivity index is 1.39. The molecular formula is C36H41Cl3N2O4. The largest absolute Gasteiger partial charge is 0.392 e. The van der Waals surface area contributed by atoms with Crippen molar-refractivity contribution >= 4 is 40.7 Å². The molecule has 1 saturated carbocycles. The van der Waals surface area contributed by atoms with E-state index in [1.54, 1.807) is 0 Å². The van der Waals surface area contributed by atoms with Crippen LogP contribution in [0.5, 0.6) is 0 Å². The molecule has 2 fully saturated rings. The van der Waals surface area contributed by atoms with Crippen molar-refractivity contribution in [2.75, 3.05) is 13.1 Å². The van der Waals surface area contributed by atoms with Gasteiger partial charge in [-0.15, -0.1) is 6.58 Å². The van der Waals surface area contributed by atoms with Gasteiger partial charge in [-0.3, -0.25) is 9.69 Å². The Labute approximate surface area is 281 Å². The third-order valence-corrected chi connectivity index (χ3v) is 9.47. The summed E-state index contributed by atoms with van der Waals surface area (Å²) in [5, 5.41) is 12.3. The van der Waals surface area contributed by atoms with Gasteiger partial charge in [0.1, 0.15) is 0 Å². The van der Waals surface area contributed by atoms with Crippen LogP contribution in [0.1, 0.15) is 67.3 Å². The second kappa shape index (κ2) is 15.4. The number of ether oxygens (including phenoxy) is 2. The van der Waals surface area contributed by atoms with Crippen LogP contribution in [0.4, 0.5) is 0 Å². The maximum Gasteiger partial charge on any atom is 0.272 e. The molecule has 0 bridgehead atoms. The Hall–Kier alpha value is -2.42. The summed E-state index contributed by atoms with van der Waals surface area (Å²) < 4.78 is 11.4. The van der Waals surface area contributed by atoms with Crippen LogP contribution < -0.4 is 5.32 Å². The third-order valence-electron chi connectivity index (χ3n) is 8.95. The molecule has 6 nitrogen and oxygen atoms in total. The monoisotopic (exact) mass is 670 g/mol. The van der Waals surface area contributed by atoms with Crippen LogP contribution in [-0.4, -0.2) is 44.9 Å². The molecule has 0 radical (unpaired) electrons. The molecule has 240 valence electrons. The van der Waals surface area contributed by atoms with Crippen molar-refractivity contribution in [3.05, 3.63) is 108 Å². The van der Waals surface area contributed by atoms with Gasteiger partial charge in [0.05, 0.1) is 18.8 Å². The smallest absolute Gasteiger partial charge is 0.272 e. The van der Waals surface area contributed by atoms with Crippen molar-refractivity contribution in [1.29, 1.82) is 0 Å². The molecule has 5 rings (SSSR count). The lowest BCUT2D eigenvalue weighted by atomic mass is 9.89. The molecule has 3 aromatic carbocycles. The zero-order chi connectivity index (χ0) is 32.0. The van der Waals surface area contributed by atoms with Gasteiger partial charge < -0.3 is 19.9 Å². The number of alkyl halides is 3. The van der Waals surface area contributed by atoms with E-state index in [2.05, 4.69) is 23.7 Å². The maximum absolute atomic E-state index is 12.1. The van der Waals surface area contributed by atoms with Crippen molar-refractivity contribution in [1.82, 2.24) is 10.2 Å². The molecular weight excluding hydrogens is 631 g/mol. The first kappa shape index (κ1) is 33.9. The second-order valence-corrected chi connectivity index (χ2v) is 14.2. The van der Waals surface area contributed by atoms with Gasteiger partial charge in [0.2, 0.25) is 0 Å². The summed E-state index contributed by atoms with van der Waals surface area (Å²) in [6.45, 7) is 8.08. The highest BCUT2D eigenvalue weighted by molar-refractivity contribution is 6.76. The number of amides is 1. The summed E-state index contributed by atoms with van der Waals surface area (Å²) >= 11 is 17.2. The third kappa shape index (κ3) is 8.49. The molecule has 9 heteroatoms. The summed E-state index contributed by atoms with van der Waals surface area (Å²) in [5.41, 5.74) is 5.69. The summed E-state index contributed by atoms with van der Waals surface area (Å²) in [6, 6.07) is 24.5. The lowest BCUT2D eigenvalue weighted by Crippen LogP contribution is -2.47. The van der Waals surface area contributed by atoms with Crippen LogP contribution in [0, 0.1) is 5.92 Å². The maximum atomic E-state index is 12.1. The number of rotatable bonds is 11. The van der Waals surface area contributed by atoms with Crippen LogP contribution in [-0.2, 0) is 27.4 Å². The molecule has 1 saturated heterocycles. The first-order valence-corrected chi connectivity index (χ1v) is 16.7. The number of hydrogen-bond donors (Lipinski definition) is 2. The zero-order valence-electron chi connectivity index (χ0n) is 25.5. The molecule has 1 amide bonds. The number of aliphatic hydroxyl groups excluding tert-OH is 1. The number of benzene rings is 3. The fourth-order valence-electron chi connectivity index (χ4n) is 6.42. The van der Waals surface area contributed by atoms with Crippen molar-refractivity contribution in [2.45, 2.75) is 74.1 Å². The number of aliphatic hydroxyl groups is 1. The zero-order valence-corrected chi connectivity index (χ0v) is 27.8. The summed E-state index contributed by atoms with van der Waals surface area (Å²) in [5.74, 6) is -0.572. The Kier molecular flexibility index (Phi) is 11.6. The summed E-state index contributed by atoms with van der Waals surface area (Å²) in [6.07, 6.45) is 6.13. The quantitative estimate of drug-likeness (QED) is 0.160. The topological polar surface area (TPSA) is 71.0 Å². The van der Waals surface area contributed by atoms with Gasteiger partial charge in [0.25, 0.3) is 9.70 Å². The normalized spacial score (nSPS) is 22.4. The van der Waals surface area contributed by atoms with Gasteiger partial charge in [-0.2, -0.15) is 0 Å². The van der Waals surface area contributed by atoms with Crippen LogP contribution in [0.25, 0.3) is 11.1 Å². The van der Waals surface area contributed by atoms with Crippen LogP contribution >= 0.6 is 34.8 Å². The van der Waals surface area contributed by atoms with E-state index >= 15 is 0 Å². The van der Waals surface area contributed by atoms with Crippen molar-refractivity contribution < 1.29 is 19.4 Å². The van der Waals surface area contributed by atoms with Crippen LogP contribution in [0.2, 0.25) is 0 Å². The minimum absolute atomic E-state index is 0.00235. The summed E-state index contributed by atoms with van der Waals surface area (Å²) in [4.78, 5) is 14.7. The molecule has 0 spiro atoms. The number of halogens is 3. The fraction of sp³-hybridized carbons (Fsp3) is 0.417. The van der Waals surface area contributed by atoms with E-state index in [1.807, 2.05) is 78.9 Å². The Morgan fingerprint density at radius 2 is 1.67 bits per heavy atom. The van der Waals surface area contributed by atoms with E-state index in [9.17, 15) is 9.90 Å². The minimum atomic E-state index is -2.02. The van der Waals surface area contributed by atoms with Gasteiger partial charge in [0.15, 0.2) is 6.29 Å². The van der Waals surface area contributed by atoms with E-state index in [-0.39, 0.29) is 31.3 Å². The number of hydrogen-bond acceptors (Lipinski definition) is 5. The highest BCUT2D eigenvalue weighted by Gasteiger charge is 2.40. The number of nitrogens with one attached hydrogen (secondary N) is 1. The number of carbonyl (C=O) groups excluding carboxylic acids is 1. The minimum Gasteiger partial charge on any atom is -0.392 e. The molecule has 0 unspecified atom stereocenters. The van der Waals surface area contributed by atoms with Crippen molar-refractivity contribution in [3.63, 3.8) is 0 Å². The van der Waals surface area contributed by atoms with Gasteiger partial charge in [0, 0.05) is 37.2 Å². The van der Waals surface area contributed by atoms with Gasteiger partial charge in [-0.1, -0.05) is 133 Å². The number of nitrogens with zero attached hydrogens (tertiary/aromatic N) is 1. The first-order valence-electron chi connectivity index (χ1n) is 15.6. The lowest BCUT2D eigenvalue weighted by molar-refractivity contribution is -0.276. The van der Waals surface area contributed by atoms with Crippen molar-refractivity contribution in [3.8, 4) is 11.1 Å². The average Bonchev–Trinajstić information content (AvgIpc) is 3.59. The highest BCUT2D eigenvalue weighted by Crippen LogP contribution is 2.42. The Morgan fingerprint density at radius 3 is 2.31 bits per heavy atom. The van der Waals surface area contributed by atoms with E-state index in [4.69, 9.17) is 44.3 Å². The predicted molar refractivity (Wildman–Crippen MR) is 181 cm³/mol. The van der Waals surface area contributed by atoms with Gasteiger partial charge in [-0.25, -0.2) is 0 Å². The van der Waals surface area contributed by atoms with E-state index in [0.717, 1.165) is 46.5 Å². The van der Waals surface area contributed by atoms with E-state index in [1.165, 1.54) is 25.7 Å². The first-order chi connectivity index (χ1) is 21.7. The predicted octanol–water partition coefficient (Wildman–Crippen LogP) is 8.05. The SMILES string of the molecule is C=CCN(C[C@@H]1O[C@H](c2ccc(-c3ccccc3CNC(=O)C(Cl)(Cl)Cl)cc2)O[C@H](c2ccc(CO)cc2)[C@@H]1C)C1CCCC1. The molecule has 45 heavy (non-hydrogen) atoms. The number of carbonyl (C=O) groups is 1. The molecule has 2 N–H and O–H groups in total. The molecule has 3 aromatic rings. The molecule has 1 aliphatic heterocycles. The molecule has 4 atom stereocenters. The average molecular weight is 672 g/mol. The highest BCUT2D eigenvalue weighted by atomic mass is 35.6. The Morgan fingerprint density at radius 1 is 1.00 bits per heavy atom. The molecule has 1 heterocycles. The standard InChI is InChI=1S/C36H41Cl3N2O4/c1-3-20-41(30-9-5-6-10-30)22-32-24(2)33(27-14-12-25(23-42)13-15-27)45-34(44-32)28-18-16-26(17-19-28)31-11-7-4-8-29(31)21-40-35(43)36(37,38)39/h3-4,7-8,11-19,24,30,32-34,42H,1,5-6,9-10,20-23H2,2H3,(H,40,43)/t24-,32+,33+,34+/m1/s1. The van der Waals surface area contributed by atoms with E-state index in [0.29, 0.717) is 6.04 Å². The van der Waals surface area contributed by atoms with Gasteiger partial charge in [-0.05, 0) is 40.7 Å². The fourth-order valence-corrected chi connectivity index (χ4v) is 6.62. The Bertz CT molecular complexity index is 1420.